The van der Waals surface area contributed by atoms with Crippen molar-refractivity contribution in [3.63, 3.8) is 0 Å². The number of rotatable bonds is 4. The van der Waals surface area contributed by atoms with E-state index in [1.54, 1.807) is 12.1 Å². The average molecular weight is 280 g/mol. The zero-order valence-corrected chi connectivity index (χ0v) is 10.4. The molecule has 1 N–H and O–H groups in total. The summed E-state index contributed by atoms with van der Waals surface area (Å²) in [6.07, 6.45) is 0.111. The fraction of sp³-hybridized carbons (Fsp3) is 0.0833. The zero-order chi connectivity index (χ0) is 13.8. The van der Waals surface area contributed by atoms with E-state index in [1.165, 1.54) is 11.3 Å². The molecule has 0 atom stereocenters. The molecule has 0 aliphatic heterocycles. The molecule has 98 valence electrons. The first-order valence-corrected chi connectivity index (χ1v) is 6.20. The number of benzene rings is 1. The van der Waals surface area contributed by atoms with Gasteiger partial charge in [0, 0.05) is 17.0 Å². The van der Waals surface area contributed by atoms with Crippen molar-refractivity contribution >= 4 is 28.6 Å². The fourth-order valence-electron chi connectivity index (χ4n) is 1.49. The number of nitrogens with one attached hydrogen (secondary N) is 1. The lowest BCUT2D eigenvalue weighted by Crippen LogP contribution is -2.14. The highest BCUT2D eigenvalue weighted by Gasteiger charge is 2.13. The van der Waals surface area contributed by atoms with Gasteiger partial charge in [0.2, 0.25) is 5.91 Å². The lowest BCUT2D eigenvalue weighted by atomic mass is 10.2. The number of amides is 1. The highest BCUT2D eigenvalue weighted by atomic mass is 32.1. The Morgan fingerprint density at radius 1 is 1.42 bits per heavy atom. The Bertz CT molecular complexity index is 613. The molecule has 0 spiro atoms. The summed E-state index contributed by atoms with van der Waals surface area (Å²) < 4.78 is 13.4. The minimum absolute atomic E-state index is 0.111. The predicted molar refractivity (Wildman–Crippen MR) is 69.7 cm³/mol. The molecule has 1 amide bonds. The summed E-state index contributed by atoms with van der Waals surface area (Å²) >= 11 is 1.41. The second kappa shape index (κ2) is 5.57. The minimum Gasteiger partial charge on any atom is -0.323 e. The molecule has 1 aromatic carbocycles. The van der Waals surface area contributed by atoms with Gasteiger partial charge in [0.05, 0.1) is 17.0 Å². The van der Waals surface area contributed by atoms with E-state index in [0.717, 1.165) is 23.1 Å². The molecule has 1 aromatic heterocycles. The van der Waals surface area contributed by atoms with E-state index >= 15 is 0 Å². The lowest BCUT2D eigenvalue weighted by molar-refractivity contribution is -0.384. The first kappa shape index (κ1) is 13.2. The summed E-state index contributed by atoms with van der Waals surface area (Å²) in [6, 6.07) is 6.60. The number of thiophene rings is 1. The molecule has 0 fully saturated rings. The van der Waals surface area contributed by atoms with Crippen LogP contribution in [-0.4, -0.2) is 10.8 Å². The molecule has 0 saturated heterocycles. The van der Waals surface area contributed by atoms with Crippen LogP contribution in [0.4, 0.5) is 15.8 Å². The highest BCUT2D eigenvalue weighted by Crippen LogP contribution is 2.21. The maximum absolute atomic E-state index is 13.4. The zero-order valence-electron chi connectivity index (χ0n) is 9.63. The second-order valence-electron chi connectivity index (χ2n) is 3.73. The van der Waals surface area contributed by atoms with Crippen molar-refractivity contribution < 1.29 is 14.1 Å². The molecule has 0 bridgehead atoms. The summed E-state index contributed by atoms with van der Waals surface area (Å²) in [5, 5.41) is 14.7. The molecule has 19 heavy (non-hydrogen) atoms. The van der Waals surface area contributed by atoms with Crippen LogP contribution < -0.4 is 5.32 Å². The molecule has 7 heteroatoms. The van der Waals surface area contributed by atoms with E-state index in [2.05, 4.69) is 5.32 Å². The van der Waals surface area contributed by atoms with Crippen molar-refractivity contribution in [2.75, 3.05) is 5.32 Å². The Morgan fingerprint density at radius 3 is 2.84 bits per heavy atom. The van der Waals surface area contributed by atoms with Crippen molar-refractivity contribution in [3.8, 4) is 0 Å². The van der Waals surface area contributed by atoms with Crippen LogP contribution in [-0.2, 0) is 11.2 Å². The molecule has 5 nitrogen and oxygen atoms in total. The van der Waals surface area contributed by atoms with Crippen LogP contribution in [0.5, 0.6) is 0 Å². The number of carbonyl (C=O) groups is 1. The van der Waals surface area contributed by atoms with Crippen molar-refractivity contribution in [1.29, 1.82) is 0 Å². The number of anilines is 1. The van der Waals surface area contributed by atoms with Gasteiger partial charge < -0.3 is 5.32 Å². The van der Waals surface area contributed by atoms with E-state index in [-0.39, 0.29) is 17.8 Å². The molecule has 0 unspecified atom stereocenters. The maximum atomic E-state index is 13.4. The number of nitro benzene ring substituents is 1. The third-order valence-electron chi connectivity index (χ3n) is 2.35. The van der Waals surface area contributed by atoms with Gasteiger partial charge in [-0.05, 0) is 17.5 Å². The number of hydrogen-bond donors (Lipinski definition) is 1. The highest BCUT2D eigenvalue weighted by molar-refractivity contribution is 7.10. The van der Waals surface area contributed by atoms with E-state index < -0.39 is 16.6 Å². The van der Waals surface area contributed by atoms with Crippen LogP contribution in [0.15, 0.2) is 35.7 Å². The van der Waals surface area contributed by atoms with Gasteiger partial charge in [0.25, 0.3) is 5.69 Å². The van der Waals surface area contributed by atoms with Crippen LogP contribution >= 0.6 is 11.3 Å². The summed E-state index contributed by atoms with van der Waals surface area (Å²) in [5.41, 5.74) is -0.455. The van der Waals surface area contributed by atoms with Crippen LogP contribution in [0, 0.1) is 15.9 Å². The van der Waals surface area contributed by atoms with Crippen molar-refractivity contribution in [2.45, 2.75) is 6.42 Å². The van der Waals surface area contributed by atoms with E-state index in [1.807, 2.05) is 5.38 Å². The molecular formula is C12H9FN2O3S. The predicted octanol–water partition coefficient (Wildman–Crippen LogP) is 2.98. The summed E-state index contributed by atoms with van der Waals surface area (Å²) in [6.45, 7) is 0. The van der Waals surface area contributed by atoms with Crippen LogP contribution in [0.25, 0.3) is 0 Å². The van der Waals surface area contributed by atoms with Crippen molar-refractivity contribution in [2.24, 2.45) is 0 Å². The Balaban J connectivity index is 2.11. The van der Waals surface area contributed by atoms with E-state index in [9.17, 15) is 19.3 Å². The van der Waals surface area contributed by atoms with Gasteiger partial charge in [0.15, 0.2) is 0 Å². The Labute approximate surface area is 111 Å². The molecule has 0 saturated carbocycles. The van der Waals surface area contributed by atoms with Crippen LogP contribution in [0.3, 0.4) is 0 Å². The van der Waals surface area contributed by atoms with Gasteiger partial charge >= 0.3 is 0 Å². The minimum atomic E-state index is -0.704. The Hall–Kier alpha value is -2.28. The van der Waals surface area contributed by atoms with Crippen molar-refractivity contribution in [1.82, 2.24) is 0 Å². The third-order valence-corrected chi connectivity index (χ3v) is 3.23. The SMILES string of the molecule is O=C(Cc1cccs1)Nc1cc([N+](=O)[O-])ccc1F. The quantitative estimate of drug-likeness (QED) is 0.691. The number of non-ortho nitro benzene ring substituents is 1. The third kappa shape index (κ3) is 3.35. The van der Waals surface area contributed by atoms with Crippen LogP contribution in [0.1, 0.15) is 4.88 Å². The lowest BCUT2D eigenvalue weighted by Gasteiger charge is -2.05. The monoisotopic (exact) mass is 280 g/mol. The Morgan fingerprint density at radius 2 is 2.21 bits per heavy atom. The number of hydrogen-bond acceptors (Lipinski definition) is 4. The van der Waals surface area contributed by atoms with Gasteiger partial charge in [0.1, 0.15) is 5.82 Å². The normalized spacial score (nSPS) is 10.2. The summed E-state index contributed by atoms with van der Waals surface area (Å²) in [5.74, 6) is -1.12. The number of nitro groups is 1. The topological polar surface area (TPSA) is 72.2 Å². The second-order valence-corrected chi connectivity index (χ2v) is 4.76. The maximum Gasteiger partial charge on any atom is 0.271 e. The average Bonchev–Trinajstić information content (AvgIpc) is 2.84. The molecule has 1 heterocycles. The van der Waals surface area contributed by atoms with Gasteiger partial charge in [-0.1, -0.05) is 6.07 Å². The summed E-state index contributed by atoms with van der Waals surface area (Å²) in [7, 11) is 0. The van der Waals surface area contributed by atoms with Gasteiger partial charge in [-0.3, -0.25) is 14.9 Å². The van der Waals surface area contributed by atoms with E-state index in [4.69, 9.17) is 0 Å². The van der Waals surface area contributed by atoms with Gasteiger partial charge in [-0.15, -0.1) is 11.3 Å². The van der Waals surface area contributed by atoms with Crippen molar-refractivity contribution in [3.05, 3.63) is 56.5 Å². The molecule has 2 aromatic rings. The molecule has 0 aliphatic carbocycles. The molecule has 2 rings (SSSR count). The van der Waals surface area contributed by atoms with Gasteiger partial charge in [-0.2, -0.15) is 0 Å². The molecule has 0 aliphatic rings. The first-order chi connectivity index (χ1) is 9.06. The Kier molecular flexibility index (Phi) is 3.86. The number of carbonyl (C=O) groups excluding carboxylic acids is 1. The van der Waals surface area contributed by atoms with Gasteiger partial charge in [-0.25, -0.2) is 4.39 Å². The summed E-state index contributed by atoms with van der Waals surface area (Å²) in [4.78, 5) is 22.4. The molecule has 0 radical (unpaired) electrons. The number of halogens is 1. The van der Waals surface area contributed by atoms with Crippen LogP contribution in [0.2, 0.25) is 0 Å². The fourth-order valence-corrected chi connectivity index (χ4v) is 2.19. The first-order valence-electron chi connectivity index (χ1n) is 5.32. The largest absolute Gasteiger partial charge is 0.323 e. The molecular weight excluding hydrogens is 271 g/mol. The number of nitrogens with zero attached hydrogens (tertiary/aromatic N) is 1. The standard InChI is InChI=1S/C12H9FN2O3S/c13-10-4-3-8(15(17)18)6-11(10)14-12(16)7-9-2-1-5-19-9/h1-6H,7H2,(H,14,16). The van der Waals surface area contributed by atoms with E-state index in [0.29, 0.717) is 0 Å². The smallest absolute Gasteiger partial charge is 0.271 e.